The van der Waals surface area contributed by atoms with Crippen molar-refractivity contribution in [3.63, 3.8) is 0 Å². The predicted molar refractivity (Wildman–Crippen MR) is 72.3 cm³/mol. The summed E-state index contributed by atoms with van der Waals surface area (Å²) in [6.45, 7) is 2.52. The van der Waals surface area contributed by atoms with E-state index in [0.29, 0.717) is 30.7 Å². The Hall–Kier alpha value is -1.84. The number of carbonyl (C=O) groups excluding carboxylic acids is 2. The van der Waals surface area contributed by atoms with Crippen molar-refractivity contribution in [2.45, 2.75) is 38.7 Å². The summed E-state index contributed by atoms with van der Waals surface area (Å²) >= 11 is 0. The van der Waals surface area contributed by atoms with Crippen molar-refractivity contribution in [2.24, 2.45) is 0 Å². The van der Waals surface area contributed by atoms with E-state index < -0.39 is 6.10 Å². The summed E-state index contributed by atoms with van der Waals surface area (Å²) in [5.74, 6) is 0.456. The molecule has 1 heterocycles. The second-order valence-electron chi connectivity index (χ2n) is 4.67. The van der Waals surface area contributed by atoms with Crippen LogP contribution in [0.25, 0.3) is 0 Å². The summed E-state index contributed by atoms with van der Waals surface area (Å²) in [4.78, 5) is 23.7. The average molecular weight is 261 g/mol. The molecule has 1 aromatic carbocycles. The van der Waals surface area contributed by atoms with E-state index in [4.69, 9.17) is 4.74 Å². The zero-order valence-electron chi connectivity index (χ0n) is 11.1. The van der Waals surface area contributed by atoms with E-state index in [0.717, 1.165) is 12.8 Å². The first-order valence-electron chi connectivity index (χ1n) is 6.79. The molecule has 1 atom stereocenters. The third kappa shape index (κ3) is 3.34. The van der Waals surface area contributed by atoms with E-state index >= 15 is 0 Å². The van der Waals surface area contributed by atoms with Crippen molar-refractivity contribution in [3.8, 4) is 5.75 Å². The summed E-state index contributed by atoms with van der Waals surface area (Å²) in [7, 11) is 0. The second-order valence-corrected chi connectivity index (χ2v) is 4.67. The number of rotatable bonds is 4. The number of Topliss-reactive ketones (excluding diaryl/α,β-unsaturated/α-hetero) is 1. The van der Waals surface area contributed by atoms with Gasteiger partial charge in [0.1, 0.15) is 5.75 Å². The lowest BCUT2D eigenvalue weighted by Gasteiger charge is -2.17. The second kappa shape index (κ2) is 6.36. The number of para-hydroxylation sites is 1. The van der Waals surface area contributed by atoms with E-state index in [-0.39, 0.29) is 11.7 Å². The van der Waals surface area contributed by atoms with Gasteiger partial charge in [0.05, 0.1) is 5.56 Å². The zero-order chi connectivity index (χ0) is 13.7. The van der Waals surface area contributed by atoms with Gasteiger partial charge in [0.25, 0.3) is 5.91 Å². The minimum Gasteiger partial charge on any atom is -0.480 e. The Morgan fingerprint density at radius 1 is 1.37 bits per heavy atom. The molecule has 0 aliphatic carbocycles. The number of hydrogen-bond acceptors (Lipinski definition) is 3. The van der Waals surface area contributed by atoms with Gasteiger partial charge in [0, 0.05) is 13.0 Å². The Morgan fingerprint density at radius 3 is 2.95 bits per heavy atom. The molecule has 4 nitrogen and oxygen atoms in total. The van der Waals surface area contributed by atoms with Crippen molar-refractivity contribution in [1.29, 1.82) is 0 Å². The number of carbonyl (C=O) groups is 2. The molecule has 0 spiro atoms. The molecule has 1 unspecified atom stereocenters. The molecular weight excluding hydrogens is 242 g/mol. The number of hydrogen-bond donors (Lipinski definition) is 1. The first-order valence-corrected chi connectivity index (χ1v) is 6.79. The van der Waals surface area contributed by atoms with Gasteiger partial charge in [-0.05, 0) is 31.4 Å². The standard InChI is InChI=1S/C15H19NO3/c1-2-12(17)11-7-3-4-8-13(11)19-14-9-5-6-10-16-15(14)18/h3-4,7-8,14H,2,5-6,9-10H2,1H3,(H,16,18). The highest BCUT2D eigenvalue weighted by atomic mass is 16.5. The van der Waals surface area contributed by atoms with Gasteiger partial charge < -0.3 is 10.1 Å². The van der Waals surface area contributed by atoms with Crippen LogP contribution in [0.15, 0.2) is 24.3 Å². The van der Waals surface area contributed by atoms with Crippen molar-refractivity contribution >= 4 is 11.7 Å². The van der Waals surface area contributed by atoms with Crippen LogP contribution in [0.1, 0.15) is 43.0 Å². The first-order chi connectivity index (χ1) is 9.22. The molecule has 0 radical (unpaired) electrons. The SMILES string of the molecule is CCC(=O)c1ccccc1OC1CCCCNC1=O. The van der Waals surface area contributed by atoms with Gasteiger partial charge in [0.2, 0.25) is 0 Å². The maximum absolute atomic E-state index is 11.8. The van der Waals surface area contributed by atoms with Crippen molar-refractivity contribution in [2.75, 3.05) is 6.54 Å². The van der Waals surface area contributed by atoms with Crippen LogP contribution in [-0.2, 0) is 4.79 Å². The molecule has 0 aromatic heterocycles. The minimum absolute atomic E-state index is 0.0321. The largest absolute Gasteiger partial charge is 0.480 e. The highest BCUT2D eigenvalue weighted by Crippen LogP contribution is 2.22. The van der Waals surface area contributed by atoms with Crippen LogP contribution in [0.2, 0.25) is 0 Å². The van der Waals surface area contributed by atoms with Crippen molar-refractivity contribution in [3.05, 3.63) is 29.8 Å². The molecule has 1 aromatic rings. The van der Waals surface area contributed by atoms with E-state index in [9.17, 15) is 9.59 Å². The molecule has 1 aliphatic heterocycles. The molecule has 0 saturated carbocycles. The number of amides is 1. The van der Waals surface area contributed by atoms with E-state index in [1.807, 2.05) is 19.1 Å². The smallest absolute Gasteiger partial charge is 0.261 e. The number of ether oxygens (including phenoxy) is 1. The molecule has 0 bridgehead atoms. The lowest BCUT2D eigenvalue weighted by atomic mass is 10.1. The third-order valence-corrected chi connectivity index (χ3v) is 3.26. The molecule has 1 N–H and O–H groups in total. The fourth-order valence-corrected chi connectivity index (χ4v) is 2.17. The molecule has 102 valence electrons. The zero-order valence-corrected chi connectivity index (χ0v) is 11.1. The van der Waals surface area contributed by atoms with Gasteiger partial charge in [-0.3, -0.25) is 9.59 Å². The molecule has 1 saturated heterocycles. The normalized spacial score (nSPS) is 19.4. The Morgan fingerprint density at radius 2 is 2.16 bits per heavy atom. The topological polar surface area (TPSA) is 55.4 Å². The van der Waals surface area contributed by atoms with Gasteiger partial charge >= 0.3 is 0 Å². The minimum atomic E-state index is -0.492. The van der Waals surface area contributed by atoms with Gasteiger partial charge in [-0.15, -0.1) is 0 Å². The van der Waals surface area contributed by atoms with Crippen LogP contribution < -0.4 is 10.1 Å². The van der Waals surface area contributed by atoms with Crippen LogP contribution in [0.3, 0.4) is 0 Å². The summed E-state index contributed by atoms with van der Waals surface area (Å²) in [6.07, 6.45) is 2.56. The lowest BCUT2D eigenvalue weighted by molar-refractivity contribution is -0.127. The van der Waals surface area contributed by atoms with Crippen LogP contribution in [0.4, 0.5) is 0 Å². The third-order valence-electron chi connectivity index (χ3n) is 3.26. The monoisotopic (exact) mass is 261 g/mol. The molecule has 2 rings (SSSR count). The van der Waals surface area contributed by atoms with Crippen LogP contribution in [0.5, 0.6) is 5.75 Å². The van der Waals surface area contributed by atoms with E-state index in [1.165, 1.54) is 0 Å². The van der Waals surface area contributed by atoms with Crippen LogP contribution in [0, 0.1) is 0 Å². The van der Waals surface area contributed by atoms with Crippen LogP contribution >= 0.6 is 0 Å². The highest BCUT2D eigenvalue weighted by Gasteiger charge is 2.23. The quantitative estimate of drug-likeness (QED) is 0.846. The van der Waals surface area contributed by atoms with Gasteiger partial charge in [0.15, 0.2) is 11.9 Å². The van der Waals surface area contributed by atoms with Crippen LogP contribution in [-0.4, -0.2) is 24.3 Å². The first kappa shape index (κ1) is 13.6. The fourth-order valence-electron chi connectivity index (χ4n) is 2.17. The van der Waals surface area contributed by atoms with Crippen molar-refractivity contribution in [1.82, 2.24) is 5.32 Å². The summed E-state index contributed by atoms with van der Waals surface area (Å²) in [5, 5.41) is 2.83. The molecule has 1 fully saturated rings. The predicted octanol–water partition coefficient (Wildman–Crippen LogP) is 2.33. The van der Waals surface area contributed by atoms with Gasteiger partial charge in [-0.2, -0.15) is 0 Å². The van der Waals surface area contributed by atoms with Gasteiger partial charge in [-0.1, -0.05) is 19.1 Å². The summed E-state index contributed by atoms with van der Waals surface area (Å²) in [5.41, 5.74) is 0.557. The lowest BCUT2D eigenvalue weighted by Crippen LogP contribution is -2.36. The fraction of sp³-hybridized carbons (Fsp3) is 0.467. The molecule has 1 aliphatic rings. The summed E-state index contributed by atoms with van der Waals surface area (Å²) < 4.78 is 5.77. The maximum Gasteiger partial charge on any atom is 0.261 e. The average Bonchev–Trinajstić information content (AvgIpc) is 2.64. The highest BCUT2D eigenvalue weighted by molar-refractivity contribution is 5.98. The van der Waals surface area contributed by atoms with E-state index in [1.54, 1.807) is 12.1 Å². The Labute approximate surface area is 113 Å². The number of benzene rings is 1. The molecule has 1 amide bonds. The maximum atomic E-state index is 11.8. The van der Waals surface area contributed by atoms with Crippen molar-refractivity contribution < 1.29 is 14.3 Å². The molecule has 19 heavy (non-hydrogen) atoms. The van der Waals surface area contributed by atoms with Gasteiger partial charge in [-0.25, -0.2) is 0 Å². The Balaban J connectivity index is 2.18. The Kier molecular flexibility index (Phi) is 4.55. The molecule has 4 heteroatoms. The van der Waals surface area contributed by atoms with E-state index in [2.05, 4.69) is 5.32 Å². The Bertz CT molecular complexity index is 470. The number of ketones is 1. The number of nitrogens with one attached hydrogen (secondary N) is 1. The molecular formula is C15H19NO3. The summed E-state index contributed by atoms with van der Waals surface area (Å²) in [6, 6.07) is 7.12.